The highest BCUT2D eigenvalue weighted by atomic mass is 16.5. The zero-order chi connectivity index (χ0) is 15.1. The molecular formula is C16H19N3O2. The quantitative estimate of drug-likeness (QED) is 0.825. The Morgan fingerprint density at radius 1 is 1.29 bits per heavy atom. The molecule has 0 aliphatic carbocycles. The van der Waals surface area contributed by atoms with E-state index in [4.69, 9.17) is 10.5 Å². The minimum atomic E-state index is 0.0181. The van der Waals surface area contributed by atoms with Gasteiger partial charge in [-0.3, -0.25) is 9.78 Å². The van der Waals surface area contributed by atoms with Gasteiger partial charge < -0.3 is 15.4 Å². The van der Waals surface area contributed by atoms with E-state index in [1.54, 1.807) is 30.3 Å². The number of nitrogens with zero attached hydrogens (tertiary/aromatic N) is 2. The van der Waals surface area contributed by atoms with Crippen LogP contribution in [0.25, 0.3) is 0 Å². The SMILES string of the molecule is CN(Cc1ccccn1)C(=O)CCOc1cccc(N)c1. The Morgan fingerprint density at radius 2 is 2.14 bits per heavy atom. The zero-order valence-electron chi connectivity index (χ0n) is 12.0. The molecule has 1 amide bonds. The molecule has 2 rings (SSSR count). The van der Waals surface area contributed by atoms with Crippen LogP contribution in [0.4, 0.5) is 5.69 Å². The minimum Gasteiger partial charge on any atom is -0.493 e. The molecule has 0 aliphatic rings. The third kappa shape index (κ3) is 4.80. The van der Waals surface area contributed by atoms with Crippen molar-refractivity contribution in [2.75, 3.05) is 19.4 Å². The number of carbonyl (C=O) groups is 1. The maximum Gasteiger partial charge on any atom is 0.226 e. The van der Waals surface area contributed by atoms with Crippen molar-refractivity contribution in [3.05, 3.63) is 54.4 Å². The molecule has 110 valence electrons. The van der Waals surface area contributed by atoms with Gasteiger partial charge in [0.25, 0.3) is 0 Å². The predicted molar refractivity (Wildman–Crippen MR) is 81.7 cm³/mol. The lowest BCUT2D eigenvalue weighted by Crippen LogP contribution is -2.27. The number of amides is 1. The van der Waals surface area contributed by atoms with Gasteiger partial charge >= 0.3 is 0 Å². The molecule has 0 radical (unpaired) electrons. The van der Waals surface area contributed by atoms with Gasteiger partial charge in [-0.25, -0.2) is 0 Å². The Kier molecular flexibility index (Phi) is 5.15. The normalized spacial score (nSPS) is 10.1. The lowest BCUT2D eigenvalue weighted by molar-refractivity contribution is -0.131. The fraction of sp³-hybridized carbons (Fsp3) is 0.250. The highest BCUT2D eigenvalue weighted by Crippen LogP contribution is 2.14. The summed E-state index contributed by atoms with van der Waals surface area (Å²) in [4.78, 5) is 17.8. The van der Waals surface area contributed by atoms with Crippen LogP contribution in [0.15, 0.2) is 48.7 Å². The van der Waals surface area contributed by atoms with E-state index in [-0.39, 0.29) is 5.91 Å². The maximum atomic E-state index is 12.0. The number of hydrogen-bond donors (Lipinski definition) is 1. The van der Waals surface area contributed by atoms with Gasteiger partial charge in [0.15, 0.2) is 0 Å². The smallest absolute Gasteiger partial charge is 0.226 e. The molecule has 0 aliphatic heterocycles. The third-order valence-electron chi connectivity index (χ3n) is 2.99. The highest BCUT2D eigenvalue weighted by molar-refractivity contribution is 5.75. The molecule has 0 fully saturated rings. The Balaban J connectivity index is 1.76. The first-order chi connectivity index (χ1) is 10.1. The minimum absolute atomic E-state index is 0.0181. The molecule has 2 aromatic rings. The molecule has 5 nitrogen and oxygen atoms in total. The number of nitrogens with two attached hydrogens (primary N) is 1. The standard InChI is InChI=1S/C16H19N3O2/c1-19(12-14-6-2-3-9-18-14)16(20)8-10-21-15-7-4-5-13(17)11-15/h2-7,9,11H,8,10,12,17H2,1H3. The van der Waals surface area contributed by atoms with Crippen molar-refractivity contribution >= 4 is 11.6 Å². The van der Waals surface area contributed by atoms with Crippen molar-refractivity contribution in [1.29, 1.82) is 0 Å². The van der Waals surface area contributed by atoms with Crippen molar-refractivity contribution in [2.45, 2.75) is 13.0 Å². The predicted octanol–water partition coefficient (Wildman–Crippen LogP) is 2.09. The molecule has 1 heterocycles. The number of pyridine rings is 1. The van der Waals surface area contributed by atoms with Gasteiger partial charge in [0.1, 0.15) is 5.75 Å². The summed E-state index contributed by atoms with van der Waals surface area (Å²) in [5, 5.41) is 0. The van der Waals surface area contributed by atoms with E-state index in [1.165, 1.54) is 0 Å². The zero-order valence-corrected chi connectivity index (χ0v) is 12.0. The van der Waals surface area contributed by atoms with Crippen LogP contribution in [0.2, 0.25) is 0 Å². The second-order valence-corrected chi connectivity index (χ2v) is 4.74. The number of aromatic nitrogens is 1. The summed E-state index contributed by atoms with van der Waals surface area (Å²) in [5.74, 6) is 0.694. The van der Waals surface area contributed by atoms with Crippen molar-refractivity contribution in [1.82, 2.24) is 9.88 Å². The van der Waals surface area contributed by atoms with Crippen molar-refractivity contribution < 1.29 is 9.53 Å². The molecular weight excluding hydrogens is 266 g/mol. The van der Waals surface area contributed by atoms with E-state index in [1.807, 2.05) is 30.3 Å². The molecule has 1 aromatic heterocycles. The largest absolute Gasteiger partial charge is 0.493 e. The van der Waals surface area contributed by atoms with E-state index in [9.17, 15) is 4.79 Å². The molecule has 5 heteroatoms. The van der Waals surface area contributed by atoms with E-state index in [0.717, 1.165) is 5.69 Å². The number of anilines is 1. The molecule has 2 N–H and O–H groups in total. The van der Waals surface area contributed by atoms with Gasteiger partial charge in [-0.05, 0) is 24.3 Å². The van der Waals surface area contributed by atoms with E-state index < -0.39 is 0 Å². The Labute approximate surface area is 124 Å². The van der Waals surface area contributed by atoms with Gasteiger partial charge in [0, 0.05) is 25.0 Å². The lowest BCUT2D eigenvalue weighted by atomic mass is 10.3. The van der Waals surface area contributed by atoms with E-state index >= 15 is 0 Å². The van der Waals surface area contributed by atoms with Crippen LogP contribution < -0.4 is 10.5 Å². The van der Waals surface area contributed by atoms with Gasteiger partial charge in [-0.15, -0.1) is 0 Å². The monoisotopic (exact) mass is 285 g/mol. The molecule has 0 atom stereocenters. The Hall–Kier alpha value is -2.56. The summed E-state index contributed by atoms with van der Waals surface area (Å²) in [5.41, 5.74) is 7.17. The van der Waals surface area contributed by atoms with Crippen LogP contribution in [-0.4, -0.2) is 29.4 Å². The van der Waals surface area contributed by atoms with Crippen LogP contribution in [0, 0.1) is 0 Å². The molecule has 0 saturated heterocycles. The van der Waals surface area contributed by atoms with Gasteiger partial charge in [0.2, 0.25) is 5.91 Å². The van der Waals surface area contributed by atoms with Crippen LogP contribution in [0.1, 0.15) is 12.1 Å². The molecule has 0 spiro atoms. The average molecular weight is 285 g/mol. The molecule has 0 unspecified atom stereocenters. The molecule has 0 bridgehead atoms. The number of rotatable bonds is 6. The van der Waals surface area contributed by atoms with Crippen LogP contribution in [0.5, 0.6) is 5.75 Å². The van der Waals surface area contributed by atoms with Crippen LogP contribution in [-0.2, 0) is 11.3 Å². The highest BCUT2D eigenvalue weighted by Gasteiger charge is 2.09. The molecule has 0 saturated carbocycles. The fourth-order valence-corrected chi connectivity index (χ4v) is 1.87. The Morgan fingerprint density at radius 3 is 2.86 bits per heavy atom. The number of hydrogen-bond acceptors (Lipinski definition) is 4. The maximum absolute atomic E-state index is 12.0. The van der Waals surface area contributed by atoms with Gasteiger partial charge in [0.05, 0.1) is 25.3 Å². The first kappa shape index (κ1) is 14.8. The Bertz CT molecular complexity index is 587. The summed E-state index contributed by atoms with van der Waals surface area (Å²) >= 11 is 0. The van der Waals surface area contributed by atoms with Crippen molar-refractivity contribution in [2.24, 2.45) is 0 Å². The average Bonchev–Trinajstić information content (AvgIpc) is 2.48. The summed E-state index contributed by atoms with van der Waals surface area (Å²) in [6.07, 6.45) is 2.04. The topological polar surface area (TPSA) is 68.5 Å². The summed E-state index contributed by atoms with van der Waals surface area (Å²) in [6, 6.07) is 12.8. The van der Waals surface area contributed by atoms with Crippen molar-refractivity contribution in [3.8, 4) is 5.75 Å². The first-order valence-electron chi connectivity index (χ1n) is 6.77. The number of nitrogen functional groups attached to an aromatic ring is 1. The summed E-state index contributed by atoms with van der Waals surface area (Å²) in [6.45, 7) is 0.826. The van der Waals surface area contributed by atoms with Crippen LogP contribution >= 0.6 is 0 Å². The second kappa shape index (κ2) is 7.28. The van der Waals surface area contributed by atoms with Gasteiger partial charge in [-0.1, -0.05) is 12.1 Å². The fourth-order valence-electron chi connectivity index (χ4n) is 1.87. The summed E-state index contributed by atoms with van der Waals surface area (Å²) < 4.78 is 5.51. The third-order valence-corrected chi connectivity index (χ3v) is 2.99. The number of carbonyl (C=O) groups excluding carboxylic acids is 1. The number of benzene rings is 1. The van der Waals surface area contributed by atoms with E-state index in [2.05, 4.69) is 4.98 Å². The second-order valence-electron chi connectivity index (χ2n) is 4.74. The van der Waals surface area contributed by atoms with Crippen molar-refractivity contribution in [3.63, 3.8) is 0 Å². The van der Waals surface area contributed by atoms with Crippen LogP contribution in [0.3, 0.4) is 0 Å². The number of ether oxygens (including phenoxy) is 1. The van der Waals surface area contributed by atoms with Gasteiger partial charge in [-0.2, -0.15) is 0 Å². The molecule has 21 heavy (non-hydrogen) atoms. The lowest BCUT2D eigenvalue weighted by Gasteiger charge is -2.16. The summed E-state index contributed by atoms with van der Waals surface area (Å²) in [7, 11) is 1.76. The molecule has 1 aromatic carbocycles. The first-order valence-corrected chi connectivity index (χ1v) is 6.77. The van der Waals surface area contributed by atoms with E-state index in [0.29, 0.717) is 31.0 Å².